The SMILES string of the molecule is CCCCOc1cccc(-c2cc(C(=O)N3C[C@H](C)O[C@@H](C)C3)c3ccccc3n2)c1. The van der Waals surface area contributed by atoms with Gasteiger partial charge in [-0.3, -0.25) is 4.79 Å². The fourth-order valence-corrected chi connectivity index (χ4v) is 4.09. The van der Waals surface area contributed by atoms with Crippen LogP contribution in [0.15, 0.2) is 54.6 Å². The fourth-order valence-electron chi connectivity index (χ4n) is 4.09. The third kappa shape index (κ3) is 4.88. The van der Waals surface area contributed by atoms with E-state index in [0.717, 1.165) is 40.8 Å². The van der Waals surface area contributed by atoms with E-state index < -0.39 is 0 Å². The molecule has 2 heterocycles. The number of carbonyl (C=O) groups is 1. The van der Waals surface area contributed by atoms with Gasteiger partial charge in [-0.05, 0) is 44.5 Å². The maximum absolute atomic E-state index is 13.5. The molecular formula is C26H30N2O3. The van der Waals surface area contributed by atoms with E-state index in [0.29, 0.717) is 25.3 Å². The van der Waals surface area contributed by atoms with Crippen molar-refractivity contribution in [2.75, 3.05) is 19.7 Å². The molecule has 2 aromatic carbocycles. The first kappa shape index (κ1) is 21.3. The van der Waals surface area contributed by atoms with Gasteiger partial charge in [0, 0.05) is 24.0 Å². The first-order valence-corrected chi connectivity index (χ1v) is 11.1. The van der Waals surface area contributed by atoms with Crippen molar-refractivity contribution in [3.8, 4) is 17.0 Å². The molecule has 5 heteroatoms. The van der Waals surface area contributed by atoms with Crippen LogP contribution in [0.2, 0.25) is 0 Å². The van der Waals surface area contributed by atoms with Gasteiger partial charge in [-0.2, -0.15) is 0 Å². The number of hydrogen-bond donors (Lipinski definition) is 0. The molecule has 31 heavy (non-hydrogen) atoms. The molecule has 0 saturated carbocycles. The van der Waals surface area contributed by atoms with Gasteiger partial charge < -0.3 is 14.4 Å². The van der Waals surface area contributed by atoms with E-state index >= 15 is 0 Å². The van der Waals surface area contributed by atoms with Crippen LogP contribution in [0.5, 0.6) is 5.75 Å². The van der Waals surface area contributed by atoms with Crippen LogP contribution >= 0.6 is 0 Å². The number of aromatic nitrogens is 1. The molecule has 1 amide bonds. The van der Waals surface area contributed by atoms with Crippen molar-refractivity contribution in [1.82, 2.24) is 9.88 Å². The monoisotopic (exact) mass is 418 g/mol. The largest absolute Gasteiger partial charge is 0.494 e. The number of amides is 1. The number of morpholine rings is 1. The molecule has 1 aliphatic rings. The second-order valence-corrected chi connectivity index (χ2v) is 8.27. The summed E-state index contributed by atoms with van der Waals surface area (Å²) in [5.74, 6) is 0.849. The molecular weight excluding hydrogens is 388 g/mol. The van der Waals surface area contributed by atoms with E-state index in [1.54, 1.807) is 0 Å². The highest BCUT2D eigenvalue weighted by atomic mass is 16.5. The van der Waals surface area contributed by atoms with Gasteiger partial charge in [-0.25, -0.2) is 4.98 Å². The Bertz CT molecular complexity index is 1060. The molecule has 0 unspecified atom stereocenters. The number of rotatable bonds is 6. The minimum absolute atomic E-state index is 0.0252. The van der Waals surface area contributed by atoms with E-state index in [9.17, 15) is 4.79 Å². The molecule has 4 rings (SSSR count). The van der Waals surface area contributed by atoms with Crippen molar-refractivity contribution in [2.45, 2.75) is 45.8 Å². The summed E-state index contributed by atoms with van der Waals surface area (Å²) in [5.41, 5.74) is 3.21. The van der Waals surface area contributed by atoms with Crippen LogP contribution in [-0.2, 0) is 4.74 Å². The van der Waals surface area contributed by atoms with Crippen LogP contribution in [0, 0.1) is 0 Å². The summed E-state index contributed by atoms with van der Waals surface area (Å²) in [5, 5.41) is 0.874. The molecule has 0 aliphatic carbocycles. The zero-order chi connectivity index (χ0) is 21.8. The lowest BCUT2D eigenvalue weighted by molar-refractivity contribution is -0.0585. The molecule has 0 bridgehead atoms. The second kappa shape index (κ2) is 9.48. The Balaban J connectivity index is 1.72. The van der Waals surface area contributed by atoms with Gasteiger partial charge in [0.05, 0.1) is 35.6 Å². The fraction of sp³-hybridized carbons (Fsp3) is 0.385. The van der Waals surface area contributed by atoms with Crippen molar-refractivity contribution < 1.29 is 14.3 Å². The highest BCUT2D eigenvalue weighted by molar-refractivity contribution is 6.07. The Morgan fingerprint density at radius 1 is 1.10 bits per heavy atom. The van der Waals surface area contributed by atoms with Crippen LogP contribution in [0.3, 0.4) is 0 Å². The van der Waals surface area contributed by atoms with Crippen molar-refractivity contribution in [2.24, 2.45) is 0 Å². The van der Waals surface area contributed by atoms with Gasteiger partial charge in [-0.15, -0.1) is 0 Å². The maximum Gasteiger partial charge on any atom is 0.254 e. The van der Waals surface area contributed by atoms with Crippen LogP contribution < -0.4 is 4.74 Å². The lowest BCUT2D eigenvalue weighted by Gasteiger charge is -2.35. The minimum atomic E-state index is 0.0252. The predicted octanol–water partition coefficient (Wildman–Crippen LogP) is 5.33. The van der Waals surface area contributed by atoms with Gasteiger partial charge in [0.25, 0.3) is 5.91 Å². The number of benzene rings is 2. The number of fused-ring (bicyclic) bond motifs is 1. The van der Waals surface area contributed by atoms with Gasteiger partial charge in [0.15, 0.2) is 0 Å². The van der Waals surface area contributed by atoms with Gasteiger partial charge in [0.2, 0.25) is 0 Å². The van der Waals surface area contributed by atoms with E-state index in [1.807, 2.05) is 73.3 Å². The van der Waals surface area contributed by atoms with Gasteiger partial charge >= 0.3 is 0 Å². The summed E-state index contributed by atoms with van der Waals surface area (Å²) in [4.78, 5) is 20.3. The Labute approximate surface area is 184 Å². The zero-order valence-corrected chi connectivity index (χ0v) is 18.5. The van der Waals surface area contributed by atoms with Crippen LogP contribution in [0.1, 0.15) is 44.0 Å². The van der Waals surface area contributed by atoms with Gasteiger partial charge in [0.1, 0.15) is 5.75 Å². The molecule has 0 N–H and O–H groups in total. The molecule has 1 saturated heterocycles. The summed E-state index contributed by atoms with van der Waals surface area (Å²) in [6.45, 7) is 8.05. The number of ether oxygens (including phenoxy) is 2. The average molecular weight is 419 g/mol. The Morgan fingerprint density at radius 3 is 2.65 bits per heavy atom. The lowest BCUT2D eigenvalue weighted by Crippen LogP contribution is -2.48. The molecule has 0 spiro atoms. The van der Waals surface area contributed by atoms with Crippen molar-refractivity contribution >= 4 is 16.8 Å². The normalized spacial score (nSPS) is 18.9. The third-order valence-corrected chi connectivity index (χ3v) is 5.55. The molecule has 5 nitrogen and oxygen atoms in total. The number of unbranched alkanes of at least 4 members (excludes halogenated alkanes) is 1. The summed E-state index contributed by atoms with van der Waals surface area (Å²) in [7, 11) is 0. The first-order chi connectivity index (χ1) is 15.0. The predicted molar refractivity (Wildman–Crippen MR) is 123 cm³/mol. The van der Waals surface area contributed by atoms with E-state index in [-0.39, 0.29) is 18.1 Å². The lowest BCUT2D eigenvalue weighted by atomic mass is 10.0. The topological polar surface area (TPSA) is 51.7 Å². The highest BCUT2D eigenvalue weighted by Gasteiger charge is 2.28. The number of carbonyl (C=O) groups excluding carboxylic acids is 1. The second-order valence-electron chi connectivity index (χ2n) is 8.27. The van der Waals surface area contributed by atoms with E-state index in [2.05, 4.69) is 6.92 Å². The molecule has 2 atom stereocenters. The molecule has 1 fully saturated rings. The summed E-state index contributed by atoms with van der Waals surface area (Å²) in [6.07, 6.45) is 2.17. The Morgan fingerprint density at radius 2 is 1.87 bits per heavy atom. The smallest absolute Gasteiger partial charge is 0.254 e. The number of hydrogen-bond acceptors (Lipinski definition) is 4. The van der Waals surface area contributed by atoms with Crippen LogP contribution in [0.25, 0.3) is 22.2 Å². The van der Waals surface area contributed by atoms with Crippen LogP contribution in [0.4, 0.5) is 0 Å². The highest BCUT2D eigenvalue weighted by Crippen LogP contribution is 2.28. The van der Waals surface area contributed by atoms with Crippen molar-refractivity contribution in [3.05, 3.63) is 60.2 Å². The van der Waals surface area contributed by atoms with Crippen LogP contribution in [-0.4, -0.2) is 47.7 Å². The van der Waals surface area contributed by atoms with Gasteiger partial charge in [-0.1, -0.05) is 43.7 Å². The average Bonchev–Trinajstić information content (AvgIpc) is 2.77. The summed E-state index contributed by atoms with van der Waals surface area (Å²) >= 11 is 0. The summed E-state index contributed by atoms with van der Waals surface area (Å²) in [6, 6.07) is 17.7. The molecule has 3 aromatic rings. The number of para-hydroxylation sites is 1. The first-order valence-electron chi connectivity index (χ1n) is 11.1. The molecule has 1 aliphatic heterocycles. The molecule has 1 aromatic heterocycles. The van der Waals surface area contributed by atoms with Crippen molar-refractivity contribution in [1.29, 1.82) is 0 Å². The van der Waals surface area contributed by atoms with E-state index in [1.165, 1.54) is 0 Å². The Kier molecular flexibility index (Phi) is 6.52. The number of nitrogens with zero attached hydrogens (tertiary/aromatic N) is 2. The quantitative estimate of drug-likeness (QED) is 0.508. The van der Waals surface area contributed by atoms with Crippen molar-refractivity contribution in [3.63, 3.8) is 0 Å². The molecule has 162 valence electrons. The zero-order valence-electron chi connectivity index (χ0n) is 18.5. The maximum atomic E-state index is 13.5. The minimum Gasteiger partial charge on any atom is -0.494 e. The van der Waals surface area contributed by atoms with E-state index in [4.69, 9.17) is 14.5 Å². The Hall–Kier alpha value is -2.92. The standard InChI is InChI=1S/C26H30N2O3/c1-4-5-13-30-21-10-8-9-20(14-21)25-15-23(22-11-6-7-12-24(22)27-25)26(29)28-16-18(2)31-19(3)17-28/h6-12,14-15,18-19H,4-5,13,16-17H2,1-3H3/t18-,19-/m0/s1. The third-order valence-electron chi connectivity index (χ3n) is 5.55. The number of pyridine rings is 1. The summed E-state index contributed by atoms with van der Waals surface area (Å²) < 4.78 is 11.7. The molecule has 0 radical (unpaired) electrons.